The fourth-order valence-electron chi connectivity index (χ4n) is 2.06. The molecule has 2 rings (SSSR count). The third-order valence-corrected chi connectivity index (χ3v) is 2.81. The van der Waals surface area contributed by atoms with Gasteiger partial charge in [-0.05, 0) is 19.4 Å². The van der Waals surface area contributed by atoms with Crippen LogP contribution < -0.4 is 10.5 Å². The molecule has 0 radical (unpaired) electrons. The van der Waals surface area contributed by atoms with Crippen molar-refractivity contribution in [2.75, 3.05) is 6.61 Å². The van der Waals surface area contributed by atoms with Crippen molar-refractivity contribution < 1.29 is 4.74 Å². The standard InChI is InChI=1S/C14H19N3O/c1-3-18-13-9-16-17(10-13)14(11(2)15)12-7-5-4-6-8-12/h4-11,14H,3,15H2,1-2H3. The van der Waals surface area contributed by atoms with E-state index in [0.717, 1.165) is 11.3 Å². The highest BCUT2D eigenvalue weighted by atomic mass is 16.5. The monoisotopic (exact) mass is 245 g/mol. The normalized spacial score (nSPS) is 14.2. The molecule has 0 spiro atoms. The number of hydrogen-bond acceptors (Lipinski definition) is 3. The first-order valence-corrected chi connectivity index (χ1v) is 6.20. The molecule has 2 N–H and O–H groups in total. The van der Waals surface area contributed by atoms with Crippen LogP contribution >= 0.6 is 0 Å². The van der Waals surface area contributed by atoms with Crippen LogP contribution in [0.1, 0.15) is 25.5 Å². The van der Waals surface area contributed by atoms with E-state index in [4.69, 9.17) is 10.5 Å². The second-order valence-electron chi connectivity index (χ2n) is 4.30. The highest BCUT2D eigenvalue weighted by molar-refractivity contribution is 5.23. The Balaban J connectivity index is 2.30. The van der Waals surface area contributed by atoms with E-state index in [0.29, 0.717) is 6.61 Å². The molecule has 1 heterocycles. The molecule has 0 aliphatic carbocycles. The average molecular weight is 245 g/mol. The van der Waals surface area contributed by atoms with Gasteiger partial charge in [-0.25, -0.2) is 0 Å². The number of hydrogen-bond donors (Lipinski definition) is 1. The molecule has 0 saturated carbocycles. The Morgan fingerprint density at radius 3 is 2.67 bits per heavy atom. The number of rotatable bonds is 5. The van der Waals surface area contributed by atoms with Crippen LogP contribution in [0.5, 0.6) is 5.75 Å². The predicted molar refractivity (Wildman–Crippen MR) is 71.6 cm³/mol. The van der Waals surface area contributed by atoms with E-state index in [1.807, 2.05) is 42.9 Å². The van der Waals surface area contributed by atoms with Crippen molar-refractivity contribution in [3.05, 3.63) is 48.3 Å². The van der Waals surface area contributed by atoms with E-state index in [9.17, 15) is 0 Å². The Morgan fingerprint density at radius 1 is 1.33 bits per heavy atom. The van der Waals surface area contributed by atoms with Crippen molar-refractivity contribution in [1.82, 2.24) is 9.78 Å². The highest BCUT2D eigenvalue weighted by Crippen LogP contribution is 2.22. The maximum absolute atomic E-state index is 6.08. The molecule has 0 aliphatic rings. The van der Waals surface area contributed by atoms with Gasteiger partial charge in [0.15, 0.2) is 5.75 Å². The van der Waals surface area contributed by atoms with Crippen molar-refractivity contribution in [2.24, 2.45) is 5.73 Å². The molecule has 2 aromatic rings. The van der Waals surface area contributed by atoms with E-state index >= 15 is 0 Å². The maximum Gasteiger partial charge on any atom is 0.157 e. The summed E-state index contributed by atoms with van der Waals surface area (Å²) >= 11 is 0. The van der Waals surface area contributed by atoms with Gasteiger partial charge in [-0.1, -0.05) is 30.3 Å². The molecule has 0 fully saturated rings. The molecule has 0 saturated heterocycles. The number of nitrogens with two attached hydrogens (primary N) is 1. The fourth-order valence-corrected chi connectivity index (χ4v) is 2.06. The van der Waals surface area contributed by atoms with Crippen LogP contribution in [0.2, 0.25) is 0 Å². The van der Waals surface area contributed by atoms with Gasteiger partial charge in [-0.2, -0.15) is 5.10 Å². The molecule has 0 bridgehead atoms. The second-order valence-corrected chi connectivity index (χ2v) is 4.30. The summed E-state index contributed by atoms with van der Waals surface area (Å²) in [5.41, 5.74) is 7.23. The lowest BCUT2D eigenvalue weighted by atomic mass is 10.0. The van der Waals surface area contributed by atoms with Crippen molar-refractivity contribution in [3.8, 4) is 5.75 Å². The summed E-state index contributed by atoms with van der Waals surface area (Å²) in [6.07, 6.45) is 3.62. The minimum atomic E-state index is -0.0261. The summed E-state index contributed by atoms with van der Waals surface area (Å²) in [4.78, 5) is 0. The molecule has 4 nitrogen and oxygen atoms in total. The maximum atomic E-state index is 6.08. The fraction of sp³-hybridized carbons (Fsp3) is 0.357. The smallest absolute Gasteiger partial charge is 0.157 e. The molecule has 1 aromatic carbocycles. The Bertz CT molecular complexity index is 479. The van der Waals surface area contributed by atoms with Crippen molar-refractivity contribution in [3.63, 3.8) is 0 Å². The minimum Gasteiger partial charge on any atom is -0.491 e. The molecule has 96 valence electrons. The Labute approximate surface area is 107 Å². The molecule has 1 aromatic heterocycles. The lowest BCUT2D eigenvalue weighted by Crippen LogP contribution is -2.30. The van der Waals surface area contributed by atoms with Gasteiger partial charge in [0.2, 0.25) is 0 Å². The third-order valence-electron chi connectivity index (χ3n) is 2.81. The van der Waals surface area contributed by atoms with Crippen molar-refractivity contribution >= 4 is 0 Å². The van der Waals surface area contributed by atoms with Crippen molar-refractivity contribution in [2.45, 2.75) is 25.9 Å². The first kappa shape index (κ1) is 12.6. The van der Waals surface area contributed by atoms with Gasteiger partial charge < -0.3 is 10.5 Å². The first-order chi connectivity index (χ1) is 8.72. The van der Waals surface area contributed by atoms with Gasteiger partial charge in [0.05, 0.1) is 25.0 Å². The van der Waals surface area contributed by atoms with E-state index in [2.05, 4.69) is 17.2 Å². The van der Waals surface area contributed by atoms with Gasteiger partial charge in [-0.3, -0.25) is 4.68 Å². The van der Waals surface area contributed by atoms with E-state index < -0.39 is 0 Å². The first-order valence-electron chi connectivity index (χ1n) is 6.20. The lowest BCUT2D eigenvalue weighted by molar-refractivity contribution is 0.338. The van der Waals surface area contributed by atoms with Crippen LogP contribution in [-0.2, 0) is 0 Å². The summed E-state index contributed by atoms with van der Waals surface area (Å²) in [6, 6.07) is 10.2. The molecule has 0 amide bonds. The average Bonchev–Trinajstić information content (AvgIpc) is 2.79. The zero-order valence-electron chi connectivity index (χ0n) is 10.8. The topological polar surface area (TPSA) is 53.1 Å². The van der Waals surface area contributed by atoms with Gasteiger partial charge in [-0.15, -0.1) is 0 Å². The van der Waals surface area contributed by atoms with Crippen LogP contribution in [0.25, 0.3) is 0 Å². The SMILES string of the molecule is CCOc1cnn(C(c2ccccc2)C(C)N)c1. The summed E-state index contributed by atoms with van der Waals surface area (Å²) in [5, 5.41) is 4.34. The second kappa shape index (κ2) is 5.69. The number of ether oxygens (including phenoxy) is 1. The van der Waals surface area contributed by atoms with Crippen LogP contribution in [0, 0.1) is 0 Å². The summed E-state index contributed by atoms with van der Waals surface area (Å²) < 4.78 is 7.29. The van der Waals surface area contributed by atoms with E-state index in [1.165, 1.54) is 0 Å². The molecule has 18 heavy (non-hydrogen) atoms. The van der Waals surface area contributed by atoms with Crippen LogP contribution in [0.4, 0.5) is 0 Å². The van der Waals surface area contributed by atoms with Crippen LogP contribution in [0.3, 0.4) is 0 Å². The van der Waals surface area contributed by atoms with Gasteiger partial charge >= 0.3 is 0 Å². The number of benzene rings is 1. The van der Waals surface area contributed by atoms with E-state index in [1.54, 1.807) is 6.20 Å². The largest absolute Gasteiger partial charge is 0.491 e. The molecule has 4 heteroatoms. The Kier molecular flexibility index (Phi) is 3.99. The third kappa shape index (κ3) is 2.71. The quantitative estimate of drug-likeness (QED) is 0.878. The molecular weight excluding hydrogens is 226 g/mol. The van der Waals surface area contributed by atoms with Gasteiger partial charge in [0.25, 0.3) is 0 Å². The summed E-state index contributed by atoms with van der Waals surface area (Å²) in [5.74, 6) is 0.777. The molecule has 0 aliphatic heterocycles. The Morgan fingerprint density at radius 2 is 2.06 bits per heavy atom. The summed E-state index contributed by atoms with van der Waals surface area (Å²) in [6.45, 7) is 4.58. The predicted octanol–water partition coefficient (Wildman–Crippen LogP) is 2.22. The van der Waals surface area contributed by atoms with Crippen LogP contribution in [-0.4, -0.2) is 22.4 Å². The Hall–Kier alpha value is -1.81. The molecule has 2 unspecified atom stereocenters. The molecular formula is C14H19N3O. The number of nitrogens with zero attached hydrogens (tertiary/aromatic N) is 2. The number of aromatic nitrogens is 2. The zero-order valence-corrected chi connectivity index (χ0v) is 10.8. The minimum absolute atomic E-state index is 0.0261. The molecule has 2 atom stereocenters. The van der Waals surface area contributed by atoms with Crippen molar-refractivity contribution in [1.29, 1.82) is 0 Å². The van der Waals surface area contributed by atoms with E-state index in [-0.39, 0.29) is 12.1 Å². The summed E-state index contributed by atoms with van der Waals surface area (Å²) in [7, 11) is 0. The highest BCUT2D eigenvalue weighted by Gasteiger charge is 2.19. The lowest BCUT2D eigenvalue weighted by Gasteiger charge is -2.21. The zero-order chi connectivity index (χ0) is 13.0. The van der Waals surface area contributed by atoms with Gasteiger partial charge in [0.1, 0.15) is 0 Å². The van der Waals surface area contributed by atoms with Gasteiger partial charge in [0, 0.05) is 6.04 Å². The van der Waals surface area contributed by atoms with Crippen LogP contribution in [0.15, 0.2) is 42.7 Å².